The van der Waals surface area contributed by atoms with Crippen molar-refractivity contribution < 1.29 is 22.8 Å². The molecule has 1 aromatic heterocycles. The maximum atomic E-state index is 13.5. The Morgan fingerprint density at radius 1 is 1.03 bits per heavy atom. The van der Waals surface area contributed by atoms with Crippen molar-refractivity contribution in [1.82, 2.24) is 14.7 Å². The van der Waals surface area contributed by atoms with Crippen molar-refractivity contribution >= 4 is 23.4 Å². The van der Waals surface area contributed by atoms with Gasteiger partial charge < -0.3 is 15.5 Å². The van der Waals surface area contributed by atoms with E-state index >= 15 is 0 Å². The van der Waals surface area contributed by atoms with E-state index in [-0.39, 0.29) is 30.0 Å². The van der Waals surface area contributed by atoms with E-state index in [2.05, 4.69) is 15.7 Å². The number of carbonyl (C=O) groups excluding carboxylic acids is 2. The van der Waals surface area contributed by atoms with Crippen LogP contribution in [0.5, 0.6) is 0 Å². The average Bonchev–Trinajstić information content (AvgIpc) is 3.19. The number of nitrogens with one attached hydrogen (secondary N) is 2. The Bertz CT molecular complexity index is 1180. The first-order valence-electron chi connectivity index (χ1n) is 10.9. The minimum atomic E-state index is -4.58. The number of piperidine rings is 1. The molecule has 0 aliphatic carbocycles. The molecule has 10 heteroatoms. The summed E-state index contributed by atoms with van der Waals surface area (Å²) in [7, 11) is 0. The molecule has 1 aliphatic rings. The van der Waals surface area contributed by atoms with Gasteiger partial charge in [-0.3, -0.25) is 4.79 Å². The fourth-order valence-electron chi connectivity index (χ4n) is 4.00. The number of anilines is 2. The predicted molar refractivity (Wildman–Crippen MR) is 122 cm³/mol. The molecule has 0 saturated carbocycles. The molecule has 178 valence electrons. The molecule has 3 aromatic rings. The quantitative estimate of drug-likeness (QED) is 0.557. The van der Waals surface area contributed by atoms with Crippen LogP contribution >= 0.6 is 0 Å². The highest BCUT2D eigenvalue weighted by Crippen LogP contribution is 2.35. The summed E-state index contributed by atoms with van der Waals surface area (Å²) in [6.07, 6.45) is -3.38. The van der Waals surface area contributed by atoms with E-state index in [4.69, 9.17) is 0 Å². The Balaban J connectivity index is 1.49. The van der Waals surface area contributed by atoms with Crippen LogP contribution in [-0.2, 0) is 11.0 Å². The predicted octanol–water partition coefficient (Wildman–Crippen LogP) is 5.08. The fraction of sp³-hybridized carbons (Fsp3) is 0.292. The van der Waals surface area contributed by atoms with Crippen LogP contribution in [0.1, 0.15) is 24.1 Å². The zero-order valence-corrected chi connectivity index (χ0v) is 18.5. The number of hydrogen-bond donors (Lipinski definition) is 2. The van der Waals surface area contributed by atoms with Gasteiger partial charge in [-0.05, 0) is 44.0 Å². The van der Waals surface area contributed by atoms with Crippen molar-refractivity contribution in [3.8, 4) is 5.69 Å². The van der Waals surface area contributed by atoms with Crippen molar-refractivity contribution in [2.24, 2.45) is 5.92 Å². The highest BCUT2D eigenvalue weighted by atomic mass is 19.4. The second kappa shape index (κ2) is 9.58. The lowest BCUT2D eigenvalue weighted by atomic mass is 9.97. The molecule has 1 fully saturated rings. The van der Waals surface area contributed by atoms with Crippen molar-refractivity contribution in [1.29, 1.82) is 0 Å². The van der Waals surface area contributed by atoms with Gasteiger partial charge in [-0.25, -0.2) is 9.48 Å². The fourth-order valence-corrected chi connectivity index (χ4v) is 4.00. The summed E-state index contributed by atoms with van der Waals surface area (Å²) < 4.78 is 41.7. The van der Waals surface area contributed by atoms with Gasteiger partial charge in [0.15, 0.2) is 0 Å². The molecule has 0 bridgehead atoms. The Morgan fingerprint density at radius 3 is 2.47 bits per heavy atom. The van der Waals surface area contributed by atoms with E-state index in [1.54, 1.807) is 24.0 Å². The van der Waals surface area contributed by atoms with Crippen molar-refractivity contribution in [2.75, 3.05) is 23.7 Å². The first-order valence-corrected chi connectivity index (χ1v) is 10.9. The molecular weight excluding hydrogens is 447 g/mol. The second-order valence-electron chi connectivity index (χ2n) is 8.17. The number of nitrogens with zero attached hydrogens (tertiary/aromatic N) is 3. The number of alkyl halides is 3. The van der Waals surface area contributed by atoms with Crippen LogP contribution in [0.15, 0.2) is 60.7 Å². The Kier molecular flexibility index (Phi) is 6.58. The van der Waals surface area contributed by atoms with Gasteiger partial charge in [0.1, 0.15) is 5.82 Å². The van der Waals surface area contributed by atoms with E-state index in [0.717, 1.165) is 10.7 Å². The molecule has 2 aromatic carbocycles. The number of urea groups is 1. The lowest BCUT2D eigenvalue weighted by Gasteiger charge is -2.32. The third-order valence-electron chi connectivity index (χ3n) is 5.62. The smallest absolute Gasteiger partial charge is 0.324 e. The van der Waals surface area contributed by atoms with Gasteiger partial charge in [-0.1, -0.05) is 30.3 Å². The number of rotatable bonds is 4. The molecule has 7 nitrogen and oxygen atoms in total. The first kappa shape index (κ1) is 23.3. The lowest BCUT2D eigenvalue weighted by molar-refractivity contribution is -0.137. The summed E-state index contributed by atoms with van der Waals surface area (Å²) in [5.74, 6) is -0.732. The molecule has 0 radical (unpaired) electrons. The maximum Gasteiger partial charge on any atom is 0.418 e. The van der Waals surface area contributed by atoms with Crippen LogP contribution in [0.2, 0.25) is 0 Å². The number of carbonyl (C=O) groups is 2. The third kappa shape index (κ3) is 5.22. The molecule has 2 N–H and O–H groups in total. The molecular formula is C24H24F3N5O2. The highest BCUT2D eigenvalue weighted by Gasteiger charge is 2.35. The van der Waals surface area contributed by atoms with Crippen LogP contribution in [-0.4, -0.2) is 39.7 Å². The summed E-state index contributed by atoms with van der Waals surface area (Å²) >= 11 is 0. The van der Waals surface area contributed by atoms with Crippen LogP contribution < -0.4 is 10.6 Å². The normalized spacial score (nSPS) is 16.2. The van der Waals surface area contributed by atoms with Crippen LogP contribution in [0.4, 0.5) is 29.5 Å². The van der Waals surface area contributed by atoms with E-state index in [1.807, 2.05) is 18.2 Å². The standard InChI is InChI=1S/C24H24F3N5O2/c1-16-14-21(32(30-16)20-12-6-5-11-19(20)24(25,26)27)29-22(33)17-8-7-13-31(15-17)23(34)28-18-9-3-2-4-10-18/h2-6,9-12,14,17H,7-8,13,15H2,1H3,(H,28,34)(H,29,33). The van der Waals surface area contributed by atoms with E-state index in [1.165, 1.54) is 24.3 Å². The number of amides is 3. The molecule has 0 spiro atoms. The molecule has 1 saturated heterocycles. The number of benzene rings is 2. The van der Waals surface area contributed by atoms with Gasteiger partial charge in [-0.15, -0.1) is 0 Å². The molecule has 1 unspecified atom stereocenters. The third-order valence-corrected chi connectivity index (χ3v) is 5.62. The summed E-state index contributed by atoms with van der Waals surface area (Å²) in [5, 5.41) is 9.70. The van der Waals surface area contributed by atoms with Gasteiger partial charge in [-0.2, -0.15) is 18.3 Å². The van der Waals surface area contributed by atoms with Gasteiger partial charge in [0, 0.05) is 24.8 Å². The van der Waals surface area contributed by atoms with Crippen LogP contribution in [0.25, 0.3) is 5.69 Å². The largest absolute Gasteiger partial charge is 0.418 e. The average molecular weight is 471 g/mol. The Hall–Kier alpha value is -3.82. The number of halogens is 3. The topological polar surface area (TPSA) is 79.3 Å². The minimum Gasteiger partial charge on any atom is -0.324 e. The van der Waals surface area contributed by atoms with Crippen LogP contribution in [0, 0.1) is 12.8 Å². The monoisotopic (exact) mass is 471 g/mol. The molecule has 2 heterocycles. The number of para-hydroxylation sites is 2. The SMILES string of the molecule is Cc1cc(NC(=O)C2CCCN(C(=O)Nc3ccccc3)C2)n(-c2ccccc2C(F)(F)F)n1. The van der Waals surface area contributed by atoms with Gasteiger partial charge in [0.25, 0.3) is 0 Å². The molecule has 3 amide bonds. The summed E-state index contributed by atoms with van der Waals surface area (Å²) in [5.41, 5.74) is 0.0857. The van der Waals surface area contributed by atoms with E-state index in [0.29, 0.717) is 30.8 Å². The van der Waals surface area contributed by atoms with Gasteiger partial charge in [0.2, 0.25) is 5.91 Å². The number of aromatic nitrogens is 2. The van der Waals surface area contributed by atoms with Gasteiger partial charge >= 0.3 is 12.2 Å². The molecule has 4 rings (SSSR count). The summed E-state index contributed by atoms with van der Waals surface area (Å²) in [6.45, 7) is 2.35. The van der Waals surface area contributed by atoms with E-state index < -0.39 is 17.7 Å². The zero-order chi connectivity index (χ0) is 24.3. The lowest BCUT2D eigenvalue weighted by Crippen LogP contribution is -2.45. The van der Waals surface area contributed by atoms with Crippen molar-refractivity contribution in [3.05, 3.63) is 71.9 Å². The van der Waals surface area contributed by atoms with Gasteiger partial charge in [0.05, 0.1) is 22.9 Å². The first-order chi connectivity index (χ1) is 16.2. The van der Waals surface area contributed by atoms with Crippen LogP contribution in [0.3, 0.4) is 0 Å². The highest BCUT2D eigenvalue weighted by molar-refractivity contribution is 5.94. The Labute approximate surface area is 194 Å². The maximum absolute atomic E-state index is 13.5. The number of aryl methyl sites for hydroxylation is 1. The number of hydrogen-bond acceptors (Lipinski definition) is 3. The zero-order valence-electron chi connectivity index (χ0n) is 18.5. The summed E-state index contributed by atoms with van der Waals surface area (Å²) in [4.78, 5) is 27.2. The van der Waals surface area contributed by atoms with Crippen molar-refractivity contribution in [3.63, 3.8) is 0 Å². The van der Waals surface area contributed by atoms with Crippen molar-refractivity contribution in [2.45, 2.75) is 25.9 Å². The number of likely N-dealkylation sites (tertiary alicyclic amines) is 1. The second-order valence-corrected chi connectivity index (χ2v) is 8.17. The molecule has 1 aliphatic heterocycles. The molecule has 34 heavy (non-hydrogen) atoms. The molecule has 1 atom stereocenters. The Morgan fingerprint density at radius 2 is 1.74 bits per heavy atom. The summed E-state index contributed by atoms with van der Waals surface area (Å²) in [6, 6.07) is 15.3. The van der Waals surface area contributed by atoms with E-state index in [9.17, 15) is 22.8 Å². The minimum absolute atomic E-state index is 0.144.